The Hall–Kier alpha value is -1.00. The van der Waals surface area contributed by atoms with Crippen LogP contribution in [0.2, 0.25) is 0 Å². The normalized spacial score (nSPS) is 10.5. The number of rotatable bonds is 4. The van der Waals surface area contributed by atoms with Gasteiger partial charge < -0.3 is 4.57 Å². The topological polar surface area (TPSA) is 22.0 Å². The number of hydrogen-bond donors (Lipinski definition) is 0. The highest BCUT2D eigenvalue weighted by molar-refractivity contribution is 8.01. The molecule has 2 nitrogen and oxygen atoms in total. The summed E-state index contributed by atoms with van der Waals surface area (Å²) >= 11 is 3.27. The fourth-order valence-electron chi connectivity index (χ4n) is 1.23. The molecule has 0 unspecified atom stereocenters. The molecule has 78 valence electrons. The quantitative estimate of drug-likeness (QED) is 0.602. The van der Waals surface area contributed by atoms with Crippen LogP contribution < -0.4 is 0 Å². The molecule has 0 radical (unpaired) electrons. The van der Waals surface area contributed by atoms with Gasteiger partial charge >= 0.3 is 0 Å². The van der Waals surface area contributed by atoms with Crippen LogP contribution in [0.5, 0.6) is 0 Å². The highest BCUT2D eigenvalue weighted by Gasteiger charge is 2.07. The Kier molecular flexibility index (Phi) is 3.28. The lowest BCUT2D eigenvalue weighted by molar-refractivity contribution is 0.102. The number of carbonyl (C=O) groups is 1. The number of aryl methyl sites for hydroxylation is 1. The van der Waals surface area contributed by atoms with Gasteiger partial charge in [-0.1, -0.05) is 6.07 Å². The van der Waals surface area contributed by atoms with Gasteiger partial charge in [0.25, 0.3) is 0 Å². The zero-order chi connectivity index (χ0) is 10.7. The Balaban J connectivity index is 1.93. The van der Waals surface area contributed by atoms with E-state index in [9.17, 15) is 4.79 Å². The van der Waals surface area contributed by atoms with Crippen molar-refractivity contribution in [2.24, 2.45) is 7.05 Å². The molecule has 0 amide bonds. The number of nitrogens with zero attached hydrogens (tertiary/aromatic N) is 1. The molecule has 0 aromatic carbocycles. The number of carbonyl (C=O) groups excluding carboxylic acids is 1. The van der Waals surface area contributed by atoms with Crippen LogP contribution in [0.4, 0.5) is 0 Å². The van der Waals surface area contributed by atoms with Crippen molar-refractivity contribution in [2.75, 3.05) is 5.75 Å². The second-order valence-corrected chi connectivity index (χ2v) is 5.43. The Morgan fingerprint density at radius 2 is 2.40 bits per heavy atom. The molecular formula is C11H11NOS2. The van der Waals surface area contributed by atoms with Crippen molar-refractivity contribution in [2.45, 2.75) is 4.21 Å². The minimum atomic E-state index is 0.189. The largest absolute Gasteiger partial charge is 0.357 e. The molecule has 0 aliphatic heterocycles. The first-order valence-corrected chi connectivity index (χ1v) is 6.44. The number of Topliss-reactive ketones (excluding diaryl/α,β-unsaturated/α-hetero) is 1. The van der Waals surface area contributed by atoms with Gasteiger partial charge in [0, 0.05) is 25.0 Å². The highest BCUT2D eigenvalue weighted by Crippen LogP contribution is 2.24. The molecule has 0 fully saturated rings. The summed E-state index contributed by atoms with van der Waals surface area (Å²) in [4.78, 5) is 11.7. The smallest absolute Gasteiger partial charge is 0.174 e. The Labute approximate surface area is 96.9 Å². The summed E-state index contributed by atoms with van der Waals surface area (Å²) in [7, 11) is 1.92. The van der Waals surface area contributed by atoms with Crippen LogP contribution in [-0.2, 0) is 7.05 Å². The van der Waals surface area contributed by atoms with Crippen LogP contribution in [-0.4, -0.2) is 16.1 Å². The maximum atomic E-state index is 11.7. The summed E-state index contributed by atoms with van der Waals surface area (Å²) in [6.45, 7) is 0. The number of thiophene rings is 1. The van der Waals surface area contributed by atoms with E-state index in [1.807, 2.05) is 47.6 Å². The molecule has 2 rings (SSSR count). The summed E-state index contributed by atoms with van der Waals surface area (Å²) in [6.07, 6.45) is 3.75. The molecule has 2 aromatic heterocycles. The summed E-state index contributed by atoms with van der Waals surface area (Å²) in [5.74, 6) is 0.707. The lowest BCUT2D eigenvalue weighted by Crippen LogP contribution is -2.00. The van der Waals surface area contributed by atoms with Gasteiger partial charge in [0.1, 0.15) is 0 Å². The zero-order valence-corrected chi connectivity index (χ0v) is 9.98. The van der Waals surface area contributed by atoms with Gasteiger partial charge in [-0.2, -0.15) is 0 Å². The van der Waals surface area contributed by atoms with Crippen LogP contribution in [0.3, 0.4) is 0 Å². The van der Waals surface area contributed by atoms with Crippen LogP contribution in [0.1, 0.15) is 10.4 Å². The predicted octanol–water partition coefficient (Wildman–Crippen LogP) is 3.06. The van der Waals surface area contributed by atoms with Crippen molar-refractivity contribution in [3.8, 4) is 0 Å². The van der Waals surface area contributed by atoms with Crippen molar-refractivity contribution in [1.29, 1.82) is 0 Å². The number of ketones is 1. The first kappa shape index (κ1) is 10.5. The van der Waals surface area contributed by atoms with Gasteiger partial charge in [-0.15, -0.1) is 23.1 Å². The standard InChI is InChI=1S/C11H11NOS2/c1-12-5-4-9(7-12)10(13)8-15-11-3-2-6-14-11/h2-7H,8H2,1H3. The molecule has 0 N–H and O–H groups in total. The third-order valence-corrected chi connectivity index (χ3v) is 4.13. The lowest BCUT2D eigenvalue weighted by Gasteiger charge is -1.96. The van der Waals surface area contributed by atoms with Gasteiger partial charge in [-0.05, 0) is 17.5 Å². The summed E-state index contributed by atoms with van der Waals surface area (Å²) < 4.78 is 3.09. The Morgan fingerprint density at radius 3 is 3.00 bits per heavy atom. The maximum absolute atomic E-state index is 11.7. The number of hydrogen-bond acceptors (Lipinski definition) is 3. The van der Waals surface area contributed by atoms with Gasteiger partial charge in [0.05, 0.1) is 9.96 Å². The molecular weight excluding hydrogens is 226 g/mol. The third-order valence-electron chi connectivity index (χ3n) is 1.99. The average molecular weight is 237 g/mol. The number of thioether (sulfide) groups is 1. The Morgan fingerprint density at radius 1 is 1.53 bits per heavy atom. The van der Waals surface area contributed by atoms with Crippen LogP contribution in [0, 0.1) is 0 Å². The van der Waals surface area contributed by atoms with Crippen LogP contribution in [0.25, 0.3) is 0 Å². The van der Waals surface area contributed by atoms with E-state index in [1.165, 1.54) is 4.21 Å². The molecule has 4 heteroatoms. The van der Waals surface area contributed by atoms with Gasteiger partial charge in [0.2, 0.25) is 0 Å². The van der Waals surface area contributed by atoms with Gasteiger partial charge in [0.15, 0.2) is 5.78 Å². The van der Waals surface area contributed by atoms with E-state index in [2.05, 4.69) is 0 Å². The van der Waals surface area contributed by atoms with Gasteiger partial charge in [-0.3, -0.25) is 4.79 Å². The predicted molar refractivity (Wildman–Crippen MR) is 64.8 cm³/mol. The zero-order valence-electron chi connectivity index (χ0n) is 8.34. The highest BCUT2D eigenvalue weighted by atomic mass is 32.2. The first-order chi connectivity index (χ1) is 7.25. The molecule has 0 atom stereocenters. The summed E-state index contributed by atoms with van der Waals surface area (Å²) in [5.41, 5.74) is 0.793. The van der Waals surface area contributed by atoms with E-state index in [0.717, 1.165) is 5.56 Å². The molecule has 0 aliphatic carbocycles. The summed E-state index contributed by atoms with van der Waals surface area (Å²) in [5, 5.41) is 2.02. The third kappa shape index (κ3) is 2.73. The molecule has 0 aliphatic rings. The van der Waals surface area contributed by atoms with Crippen LogP contribution >= 0.6 is 23.1 Å². The molecule has 2 aromatic rings. The first-order valence-electron chi connectivity index (χ1n) is 4.57. The van der Waals surface area contributed by atoms with Crippen molar-refractivity contribution in [3.63, 3.8) is 0 Å². The van der Waals surface area contributed by atoms with Crippen molar-refractivity contribution in [1.82, 2.24) is 4.57 Å². The van der Waals surface area contributed by atoms with E-state index < -0.39 is 0 Å². The molecule has 2 heterocycles. The molecule has 15 heavy (non-hydrogen) atoms. The molecule has 0 spiro atoms. The monoisotopic (exact) mass is 237 g/mol. The van der Waals surface area contributed by atoms with Crippen LogP contribution in [0.15, 0.2) is 40.2 Å². The fourth-order valence-corrected chi connectivity index (χ4v) is 2.91. The lowest BCUT2D eigenvalue weighted by atomic mass is 10.2. The van der Waals surface area contributed by atoms with E-state index in [4.69, 9.17) is 0 Å². The second kappa shape index (κ2) is 4.68. The van der Waals surface area contributed by atoms with E-state index in [0.29, 0.717) is 5.75 Å². The van der Waals surface area contributed by atoms with Gasteiger partial charge in [-0.25, -0.2) is 0 Å². The molecule has 0 saturated heterocycles. The average Bonchev–Trinajstić information content (AvgIpc) is 2.84. The fraction of sp³-hybridized carbons (Fsp3) is 0.182. The minimum Gasteiger partial charge on any atom is -0.357 e. The minimum absolute atomic E-state index is 0.189. The summed E-state index contributed by atoms with van der Waals surface area (Å²) in [6, 6.07) is 5.89. The number of aromatic nitrogens is 1. The maximum Gasteiger partial charge on any atom is 0.174 e. The second-order valence-electron chi connectivity index (χ2n) is 3.21. The van der Waals surface area contributed by atoms with E-state index in [1.54, 1.807) is 23.1 Å². The molecule has 0 bridgehead atoms. The van der Waals surface area contributed by atoms with E-state index in [-0.39, 0.29) is 5.78 Å². The van der Waals surface area contributed by atoms with Crippen molar-refractivity contribution in [3.05, 3.63) is 41.5 Å². The SMILES string of the molecule is Cn1ccc(C(=O)CSc2cccs2)c1. The molecule has 0 saturated carbocycles. The van der Waals surface area contributed by atoms with Crippen molar-refractivity contribution < 1.29 is 4.79 Å². The Bertz CT molecular complexity index is 445. The van der Waals surface area contributed by atoms with E-state index >= 15 is 0 Å². The van der Waals surface area contributed by atoms with Crippen molar-refractivity contribution >= 4 is 28.9 Å².